The number of amides is 3. The Bertz CT molecular complexity index is 1930. The Labute approximate surface area is 285 Å². The van der Waals surface area contributed by atoms with Crippen molar-refractivity contribution in [3.05, 3.63) is 125 Å². The van der Waals surface area contributed by atoms with Gasteiger partial charge < -0.3 is 25.4 Å². The monoisotopic (exact) mass is 682 g/mol. The minimum atomic E-state index is -0.547. The van der Waals surface area contributed by atoms with Crippen LogP contribution in [0.1, 0.15) is 22.8 Å². The van der Waals surface area contributed by atoms with E-state index < -0.39 is 17.1 Å². The lowest BCUT2D eigenvalue weighted by Crippen LogP contribution is -2.30. The third kappa shape index (κ3) is 8.87. The number of hydrogen-bond acceptors (Lipinski definition) is 8. The van der Waals surface area contributed by atoms with Gasteiger partial charge in [0.2, 0.25) is 5.91 Å². The number of thioether (sulfide) groups is 1. The summed E-state index contributed by atoms with van der Waals surface area (Å²) in [5.41, 5.74) is 2.83. The summed E-state index contributed by atoms with van der Waals surface area (Å²) in [5.74, 6) is -0.524. The molecule has 0 aliphatic rings. The number of benzene rings is 4. The number of ether oxygens (including phenoxy) is 2. The number of halogens is 1. The predicted octanol–water partition coefficient (Wildman–Crippen LogP) is 7.50. The van der Waals surface area contributed by atoms with E-state index in [4.69, 9.17) is 9.47 Å². The highest BCUT2D eigenvalue weighted by atomic mass is 32.2. The second-order valence-electron chi connectivity index (χ2n) is 10.3. The Balaban J connectivity index is 1.24. The summed E-state index contributed by atoms with van der Waals surface area (Å²) < 4.78 is 24.0. The molecule has 0 saturated heterocycles. The number of carbonyl (C=O) groups excluding carboxylic acids is 3. The van der Waals surface area contributed by atoms with Crippen LogP contribution in [0.15, 0.2) is 113 Å². The van der Waals surface area contributed by atoms with Crippen LogP contribution in [0.3, 0.4) is 0 Å². The minimum absolute atomic E-state index is 0.000775. The second kappa shape index (κ2) is 15.9. The summed E-state index contributed by atoms with van der Waals surface area (Å²) in [5, 5.41) is 10.2. The molecule has 12 heteroatoms. The third-order valence-corrected chi connectivity index (χ3v) is 8.81. The van der Waals surface area contributed by atoms with Gasteiger partial charge in [-0.2, -0.15) is 0 Å². The van der Waals surface area contributed by atoms with E-state index in [1.807, 2.05) is 0 Å². The molecule has 5 rings (SSSR count). The van der Waals surface area contributed by atoms with E-state index in [0.29, 0.717) is 39.1 Å². The Hall–Kier alpha value is -5.46. The van der Waals surface area contributed by atoms with Crippen molar-refractivity contribution >= 4 is 57.7 Å². The normalized spacial score (nSPS) is 11.7. The number of carbonyl (C=O) groups is 3. The first-order valence-corrected chi connectivity index (χ1v) is 16.4. The molecule has 244 valence electrons. The van der Waals surface area contributed by atoms with Crippen LogP contribution in [0.2, 0.25) is 0 Å². The lowest BCUT2D eigenvalue weighted by atomic mass is 10.1. The van der Waals surface area contributed by atoms with Crippen LogP contribution in [0.4, 0.5) is 15.2 Å². The molecule has 0 fully saturated rings. The van der Waals surface area contributed by atoms with Gasteiger partial charge in [0.15, 0.2) is 5.13 Å². The molecule has 3 amide bonds. The highest BCUT2D eigenvalue weighted by molar-refractivity contribution is 8.00. The van der Waals surface area contributed by atoms with Crippen molar-refractivity contribution in [3.8, 4) is 22.8 Å². The van der Waals surface area contributed by atoms with Gasteiger partial charge >= 0.3 is 0 Å². The first-order chi connectivity index (χ1) is 23.2. The van der Waals surface area contributed by atoms with E-state index in [9.17, 15) is 18.8 Å². The summed E-state index contributed by atoms with van der Waals surface area (Å²) in [6.45, 7) is 1.78. The summed E-state index contributed by atoms with van der Waals surface area (Å²) in [6.07, 6.45) is 1.53. The summed E-state index contributed by atoms with van der Waals surface area (Å²) in [6, 6.07) is 26.7. The fourth-order valence-corrected chi connectivity index (χ4v) is 5.99. The van der Waals surface area contributed by atoms with Crippen LogP contribution in [-0.4, -0.2) is 42.2 Å². The van der Waals surface area contributed by atoms with Gasteiger partial charge in [-0.15, -0.1) is 23.1 Å². The van der Waals surface area contributed by atoms with E-state index in [2.05, 4.69) is 20.9 Å². The molecule has 0 spiro atoms. The molecule has 9 nitrogen and oxygen atoms in total. The van der Waals surface area contributed by atoms with Crippen LogP contribution >= 0.6 is 23.1 Å². The maximum absolute atomic E-state index is 13.5. The van der Waals surface area contributed by atoms with Crippen molar-refractivity contribution in [2.24, 2.45) is 0 Å². The lowest BCUT2D eigenvalue weighted by molar-refractivity contribution is -0.115. The van der Waals surface area contributed by atoms with Crippen molar-refractivity contribution < 1.29 is 28.2 Å². The Kier molecular flexibility index (Phi) is 11.2. The molecule has 4 aromatic carbocycles. The topological polar surface area (TPSA) is 119 Å². The fourth-order valence-electron chi connectivity index (χ4n) is 4.40. The maximum atomic E-state index is 13.5. The quantitative estimate of drug-likeness (QED) is 0.0922. The van der Waals surface area contributed by atoms with Gasteiger partial charge in [-0.05, 0) is 85.8 Å². The zero-order valence-corrected chi connectivity index (χ0v) is 27.8. The standard InChI is InChI=1S/C36H31FN4O5S2/c1-22(33(42)41-36-40-31(21-47-36)23-9-12-26(37)13-10-23)48-29-17-14-27(15-18-29)38-35(44)30(39-34(43)24-7-5-4-6-8-24)19-25-11-16-28(45-2)20-32(25)46-3/h4-22H,1-3H3,(H,38,44)(H,39,43)(H,40,41,42)/b30-19-. The fraction of sp³-hybridized carbons (Fsp3) is 0.111. The highest BCUT2D eigenvalue weighted by Crippen LogP contribution is 2.29. The molecule has 0 saturated carbocycles. The molecule has 0 radical (unpaired) electrons. The van der Waals surface area contributed by atoms with E-state index in [0.717, 1.165) is 10.5 Å². The van der Waals surface area contributed by atoms with Gasteiger partial charge in [0.1, 0.15) is 23.0 Å². The van der Waals surface area contributed by atoms with E-state index in [1.165, 1.54) is 55.5 Å². The van der Waals surface area contributed by atoms with E-state index in [1.54, 1.807) is 97.2 Å². The second-order valence-corrected chi connectivity index (χ2v) is 12.5. The lowest BCUT2D eigenvalue weighted by Gasteiger charge is -2.14. The zero-order chi connectivity index (χ0) is 34.0. The molecule has 1 heterocycles. The number of rotatable bonds is 12. The molecule has 3 N–H and O–H groups in total. The van der Waals surface area contributed by atoms with Gasteiger partial charge in [0, 0.05) is 38.7 Å². The van der Waals surface area contributed by atoms with Crippen LogP contribution in [0.25, 0.3) is 17.3 Å². The number of aromatic nitrogens is 1. The van der Waals surface area contributed by atoms with Gasteiger partial charge in [-0.3, -0.25) is 14.4 Å². The van der Waals surface area contributed by atoms with Crippen LogP contribution in [-0.2, 0) is 9.59 Å². The maximum Gasteiger partial charge on any atom is 0.272 e. The van der Waals surface area contributed by atoms with Crippen molar-refractivity contribution in [3.63, 3.8) is 0 Å². The Morgan fingerprint density at radius 3 is 2.31 bits per heavy atom. The first-order valence-electron chi connectivity index (χ1n) is 14.6. The third-order valence-electron chi connectivity index (χ3n) is 6.94. The van der Waals surface area contributed by atoms with Crippen LogP contribution in [0, 0.1) is 5.82 Å². The van der Waals surface area contributed by atoms with Crippen LogP contribution < -0.4 is 25.4 Å². The Morgan fingerprint density at radius 2 is 1.62 bits per heavy atom. The van der Waals surface area contributed by atoms with Gasteiger partial charge in [0.05, 0.1) is 25.2 Å². The molecular formula is C36H31FN4O5S2. The molecule has 1 unspecified atom stereocenters. The van der Waals surface area contributed by atoms with Gasteiger partial charge in [-0.25, -0.2) is 9.37 Å². The molecule has 5 aromatic rings. The average molecular weight is 683 g/mol. The molecule has 0 aliphatic heterocycles. The predicted molar refractivity (Wildman–Crippen MR) is 188 cm³/mol. The summed E-state index contributed by atoms with van der Waals surface area (Å²) in [4.78, 5) is 44.7. The number of thiazole rings is 1. The molecule has 1 atom stereocenters. The van der Waals surface area contributed by atoms with Gasteiger partial charge in [0.25, 0.3) is 11.8 Å². The van der Waals surface area contributed by atoms with Crippen molar-refractivity contribution in [1.29, 1.82) is 0 Å². The number of hydrogen-bond donors (Lipinski definition) is 3. The zero-order valence-electron chi connectivity index (χ0n) is 26.2. The van der Waals surface area contributed by atoms with Crippen molar-refractivity contribution in [2.75, 3.05) is 24.9 Å². The highest BCUT2D eigenvalue weighted by Gasteiger charge is 2.19. The molecule has 0 bridgehead atoms. The van der Waals surface area contributed by atoms with Crippen molar-refractivity contribution in [2.45, 2.75) is 17.1 Å². The minimum Gasteiger partial charge on any atom is -0.497 e. The largest absolute Gasteiger partial charge is 0.497 e. The van der Waals surface area contributed by atoms with Crippen LogP contribution in [0.5, 0.6) is 11.5 Å². The van der Waals surface area contributed by atoms with Crippen molar-refractivity contribution in [1.82, 2.24) is 10.3 Å². The SMILES string of the molecule is COc1ccc(/C=C(\NC(=O)c2ccccc2)C(=O)Nc2ccc(SC(C)C(=O)Nc3nc(-c4ccc(F)cc4)cs3)cc2)c(OC)c1. The molecule has 1 aromatic heterocycles. The summed E-state index contributed by atoms with van der Waals surface area (Å²) >= 11 is 2.63. The number of nitrogens with zero attached hydrogens (tertiary/aromatic N) is 1. The Morgan fingerprint density at radius 1 is 0.896 bits per heavy atom. The van der Waals surface area contributed by atoms with Gasteiger partial charge in [-0.1, -0.05) is 18.2 Å². The first kappa shape index (κ1) is 33.9. The average Bonchev–Trinajstić information content (AvgIpc) is 3.57. The summed E-state index contributed by atoms with van der Waals surface area (Å²) in [7, 11) is 3.04. The number of nitrogens with one attached hydrogen (secondary N) is 3. The molecular weight excluding hydrogens is 652 g/mol. The molecule has 0 aliphatic carbocycles. The van der Waals surface area contributed by atoms with E-state index in [-0.39, 0.29) is 17.4 Å². The smallest absolute Gasteiger partial charge is 0.272 e. The van der Waals surface area contributed by atoms with E-state index >= 15 is 0 Å². The molecule has 48 heavy (non-hydrogen) atoms. The number of anilines is 2. The number of methoxy groups -OCH3 is 2.